The van der Waals surface area contributed by atoms with Crippen LogP contribution in [0.15, 0.2) is 65.3 Å². The molecule has 2 atom stereocenters. The van der Waals surface area contributed by atoms with E-state index in [9.17, 15) is 14.3 Å². The van der Waals surface area contributed by atoms with Crippen LogP contribution in [0.25, 0.3) is 10.9 Å². The van der Waals surface area contributed by atoms with Gasteiger partial charge in [-0.1, -0.05) is 18.2 Å². The number of rotatable bonds is 8. The van der Waals surface area contributed by atoms with Gasteiger partial charge in [-0.2, -0.15) is 4.39 Å². The molecule has 2 aromatic carbocycles. The molecular formula is C33H32F3N3O4S. The molecule has 7 nitrogen and oxygen atoms in total. The van der Waals surface area contributed by atoms with Crippen LogP contribution in [-0.2, 0) is 16.6 Å². The number of nitrogens with one attached hydrogen (secondary N) is 2. The summed E-state index contributed by atoms with van der Waals surface area (Å²) in [5.74, 6) is -3.25. The number of carboxylic acid groups (broad SMARTS) is 1. The second-order valence-corrected chi connectivity index (χ2v) is 12.9. The zero-order chi connectivity index (χ0) is 31.4. The lowest BCUT2D eigenvalue weighted by Gasteiger charge is -2.36. The molecule has 3 N–H and O–H groups in total. The lowest BCUT2D eigenvalue weighted by Crippen LogP contribution is -2.33. The second-order valence-electron chi connectivity index (χ2n) is 12.1. The van der Waals surface area contributed by atoms with Crippen molar-refractivity contribution in [1.82, 2.24) is 15.0 Å². The lowest BCUT2D eigenvalue weighted by molar-refractivity contribution is -0.146. The summed E-state index contributed by atoms with van der Waals surface area (Å²) in [5.41, 5.74) is 0.969. The maximum Gasteiger partial charge on any atom is 0.309 e. The smallest absolute Gasteiger partial charge is 0.309 e. The van der Waals surface area contributed by atoms with Gasteiger partial charge in [0.15, 0.2) is 11.6 Å². The Kier molecular flexibility index (Phi) is 7.55. The molecule has 2 aliphatic rings. The fourth-order valence-corrected chi connectivity index (χ4v) is 6.71. The number of imidazole rings is 1. The average molecular weight is 624 g/mol. The Morgan fingerprint density at radius 3 is 2.77 bits per heavy atom. The molecule has 1 aliphatic heterocycles. The summed E-state index contributed by atoms with van der Waals surface area (Å²) in [6, 6.07) is 7.39. The first-order valence-electron chi connectivity index (χ1n) is 14.2. The summed E-state index contributed by atoms with van der Waals surface area (Å²) in [6.07, 6.45) is 8.61. The Labute approximate surface area is 256 Å². The molecule has 0 amide bonds. The van der Waals surface area contributed by atoms with E-state index in [1.165, 1.54) is 30.1 Å². The van der Waals surface area contributed by atoms with E-state index in [-0.39, 0.29) is 23.4 Å². The highest BCUT2D eigenvalue weighted by Gasteiger charge is 2.40. The van der Waals surface area contributed by atoms with E-state index in [2.05, 4.69) is 21.9 Å². The van der Waals surface area contributed by atoms with Crippen LogP contribution in [-0.4, -0.2) is 38.9 Å². The molecule has 0 bridgehead atoms. The van der Waals surface area contributed by atoms with Gasteiger partial charge in [-0.05, 0) is 63.7 Å². The zero-order valence-electron chi connectivity index (χ0n) is 24.7. The van der Waals surface area contributed by atoms with Crippen molar-refractivity contribution in [3.8, 4) is 11.5 Å². The summed E-state index contributed by atoms with van der Waals surface area (Å²) in [7, 11) is 0. The molecular weight excluding hydrogens is 591 g/mol. The van der Waals surface area contributed by atoms with Crippen molar-refractivity contribution in [2.24, 2.45) is 5.41 Å². The molecule has 0 spiro atoms. The topological polar surface area (TPSA) is 100 Å². The number of aliphatic carboxylic acids is 1. The number of aromatic amines is 2. The SMILES string of the molecule is CSc1c(OC2=CC=C(F)C(c3ncc([C@@]4(C)CCOc5c(CC(C)(C)C(=O)O)cccc54)[nH]3)C2)c(F)c(F)c2[nH]ccc12. The number of carbonyl (C=O) groups is 1. The Morgan fingerprint density at radius 2 is 2.02 bits per heavy atom. The van der Waals surface area contributed by atoms with Crippen LogP contribution in [0, 0.1) is 17.0 Å². The van der Waals surface area contributed by atoms with Gasteiger partial charge >= 0.3 is 5.97 Å². The van der Waals surface area contributed by atoms with Crippen LogP contribution in [0.1, 0.15) is 62.2 Å². The molecule has 3 heterocycles. The Morgan fingerprint density at radius 1 is 1.23 bits per heavy atom. The van der Waals surface area contributed by atoms with Crippen LogP contribution < -0.4 is 9.47 Å². The van der Waals surface area contributed by atoms with Gasteiger partial charge in [-0.15, -0.1) is 11.8 Å². The van der Waals surface area contributed by atoms with Crippen LogP contribution in [0.5, 0.6) is 11.5 Å². The number of fused-ring (bicyclic) bond motifs is 2. The number of ether oxygens (including phenoxy) is 2. The number of thioether (sulfide) groups is 1. The summed E-state index contributed by atoms with van der Waals surface area (Å²) in [5, 5.41) is 10.2. The minimum Gasteiger partial charge on any atom is -0.493 e. The Balaban J connectivity index is 1.29. The Bertz CT molecular complexity index is 1840. The normalized spacial score (nSPS) is 20.1. The molecule has 4 aromatic rings. The molecule has 1 unspecified atom stereocenters. The number of carboxylic acids is 1. The van der Waals surface area contributed by atoms with E-state index in [1.807, 2.05) is 18.2 Å². The Hall–Kier alpha value is -4.12. The van der Waals surface area contributed by atoms with Crippen molar-refractivity contribution < 1.29 is 32.5 Å². The largest absolute Gasteiger partial charge is 0.493 e. The van der Waals surface area contributed by atoms with Crippen molar-refractivity contribution in [2.45, 2.75) is 56.3 Å². The molecule has 0 saturated heterocycles. The zero-order valence-corrected chi connectivity index (χ0v) is 25.5. The summed E-state index contributed by atoms with van der Waals surface area (Å²) in [6.45, 7) is 5.83. The molecule has 0 fully saturated rings. The van der Waals surface area contributed by atoms with Crippen molar-refractivity contribution in [3.05, 3.63) is 94.7 Å². The monoisotopic (exact) mass is 623 g/mol. The fourth-order valence-electron chi connectivity index (χ4n) is 6.00. The maximum atomic E-state index is 15.3. The number of hydrogen-bond donors (Lipinski definition) is 3. The van der Waals surface area contributed by atoms with Crippen LogP contribution in [0.4, 0.5) is 13.2 Å². The third-order valence-corrected chi connectivity index (χ3v) is 9.50. The molecule has 0 saturated carbocycles. The van der Waals surface area contributed by atoms with Crippen molar-refractivity contribution in [1.29, 1.82) is 0 Å². The number of aromatic nitrogens is 3. The van der Waals surface area contributed by atoms with E-state index in [0.717, 1.165) is 16.8 Å². The van der Waals surface area contributed by atoms with Crippen LogP contribution >= 0.6 is 11.8 Å². The van der Waals surface area contributed by atoms with E-state index < -0.39 is 40.2 Å². The number of benzene rings is 2. The van der Waals surface area contributed by atoms with E-state index in [1.54, 1.807) is 32.4 Å². The highest BCUT2D eigenvalue weighted by Crippen LogP contribution is 2.47. The van der Waals surface area contributed by atoms with Gasteiger partial charge in [0, 0.05) is 40.9 Å². The van der Waals surface area contributed by atoms with Crippen molar-refractivity contribution in [2.75, 3.05) is 12.9 Å². The quantitative estimate of drug-likeness (QED) is 0.172. The number of allylic oxidation sites excluding steroid dienone is 4. The van der Waals surface area contributed by atoms with Gasteiger partial charge in [0.2, 0.25) is 5.82 Å². The molecule has 44 heavy (non-hydrogen) atoms. The number of hydrogen-bond acceptors (Lipinski definition) is 5. The predicted molar refractivity (Wildman–Crippen MR) is 162 cm³/mol. The van der Waals surface area contributed by atoms with E-state index in [4.69, 9.17) is 9.47 Å². The van der Waals surface area contributed by atoms with E-state index in [0.29, 0.717) is 41.3 Å². The summed E-state index contributed by atoms with van der Waals surface area (Å²) >= 11 is 1.23. The number of halogens is 3. The van der Waals surface area contributed by atoms with Gasteiger partial charge in [-0.3, -0.25) is 4.79 Å². The van der Waals surface area contributed by atoms with Gasteiger partial charge in [0.1, 0.15) is 23.2 Å². The van der Waals surface area contributed by atoms with Gasteiger partial charge < -0.3 is 24.5 Å². The fraction of sp³-hybridized carbons (Fsp3) is 0.333. The minimum absolute atomic E-state index is 0.0418. The third kappa shape index (κ3) is 4.96. The maximum absolute atomic E-state index is 15.3. The standard InChI is InChI=1S/C33H32F3N3O4S/c1-32(2,31(40)41)15-17-6-5-7-21-27(17)42-13-11-33(21,3)23-16-38-30(39-23)20-14-18(8-9-22(20)34)43-28-25(36)24(35)26-19(10-12-37-26)29(28)44-4/h5-10,12,16,20,37H,11,13-15H2,1-4H3,(H,38,39)(H,40,41)/t20?,33-/m0/s1. The molecule has 230 valence electrons. The molecule has 2 aromatic heterocycles. The number of nitrogens with zero attached hydrogens (tertiary/aromatic N) is 1. The van der Waals surface area contributed by atoms with E-state index >= 15 is 8.78 Å². The summed E-state index contributed by atoms with van der Waals surface area (Å²) in [4.78, 5) is 22.9. The summed E-state index contributed by atoms with van der Waals surface area (Å²) < 4.78 is 57.2. The molecule has 11 heteroatoms. The predicted octanol–water partition coefficient (Wildman–Crippen LogP) is 7.94. The lowest BCUT2D eigenvalue weighted by atomic mass is 9.73. The second kappa shape index (κ2) is 11.1. The molecule has 0 radical (unpaired) electrons. The first-order chi connectivity index (χ1) is 20.9. The highest BCUT2D eigenvalue weighted by atomic mass is 32.2. The molecule has 6 rings (SSSR count). The third-order valence-electron chi connectivity index (χ3n) is 8.68. The first-order valence-corrected chi connectivity index (χ1v) is 15.5. The highest BCUT2D eigenvalue weighted by molar-refractivity contribution is 7.99. The van der Waals surface area contributed by atoms with Gasteiger partial charge in [0.25, 0.3) is 0 Å². The van der Waals surface area contributed by atoms with Crippen molar-refractivity contribution in [3.63, 3.8) is 0 Å². The number of para-hydroxylation sites is 1. The van der Waals surface area contributed by atoms with Gasteiger partial charge in [-0.25, -0.2) is 13.8 Å². The molecule has 1 aliphatic carbocycles. The minimum atomic E-state index is -1.12. The average Bonchev–Trinajstić information content (AvgIpc) is 3.69. The van der Waals surface area contributed by atoms with Crippen LogP contribution in [0.3, 0.4) is 0 Å². The van der Waals surface area contributed by atoms with Crippen molar-refractivity contribution >= 4 is 28.6 Å². The first kappa shape index (κ1) is 29.9. The number of H-pyrrole nitrogens is 2. The van der Waals surface area contributed by atoms with Crippen LogP contribution in [0.2, 0.25) is 0 Å². The van der Waals surface area contributed by atoms with Gasteiger partial charge in [0.05, 0.1) is 28.4 Å².